The number of hydrogen-bond acceptors (Lipinski definition) is 8. The van der Waals surface area contributed by atoms with Crippen LogP contribution in [0.2, 0.25) is 0 Å². The van der Waals surface area contributed by atoms with Crippen molar-refractivity contribution in [2.75, 3.05) is 17.1 Å². The molecule has 2 N–H and O–H groups in total. The molecule has 0 radical (unpaired) electrons. The average molecular weight is 311 g/mol. The van der Waals surface area contributed by atoms with Gasteiger partial charge in [0.15, 0.2) is 10.8 Å². The first-order valence-corrected chi connectivity index (χ1v) is 7.78. The fourth-order valence-corrected chi connectivity index (χ4v) is 3.66. The summed E-state index contributed by atoms with van der Waals surface area (Å²) in [5, 5.41) is 11.7. The summed E-state index contributed by atoms with van der Waals surface area (Å²) in [6.45, 7) is 0. The summed E-state index contributed by atoms with van der Waals surface area (Å²) < 4.78 is 28.6. The average Bonchev–Trinajstić information content (AvgIpc) is 2.98. The van der Waals surface area contributed by atoms with Crippen LogP contribution in [0.4, 0.5) is 11.8 Å². The van der Waals surface area contributed by atoms with Gasteiger partial charge in [0.2, 0.25) is 5.03 Å². The molecular formula is C9H9N7O2S2. The lowest BCUT2D eigenvalue weighted by atomic mass is 10.7. The molecule has 20 heavy (non-hydrogen) atoms. The number of nitrogens with zero attached hydrogens (tertiary/aromatic N) is 5. The van der Waals surface area contributed by atoms with E-state index in [9.17, 15) is 8.42 Å². The summed E-state index contributed by atoms with van der Waals surface area (Å²) >= 11 is 1.34. The van der Waals surface area contributed by atoms with Crippen LogP contribution < -0.4 is 10.0 Å². The largest absolute Gasteiger partial charge is 0.371 e. The van der Waals surface area contributed by atoms with Gasteiger partial charge in [-0.25, -0.2) is 14.7 Å². The van der Waals surface area contributed by atoms with Crippen LogP contribution in [0.5, 0.6) is 0 Å². The first-order chi connectivity index (χ1) is 9.62. The van der Waals surface area contributed by atoms with E-state index in [1.165, 1.54) is 28.1 Å². The van der Waals surface area contributed by atoms with Crippen molar-refractivity contribution in [1.29, 1.82) is 0 Å². The zero-order valence-electron chi connectivity index (χ0n) is 10.2. The quantitative estimate of drug-likeness (QED) is 0.717. The monoisotopic (exact) mass is 311 g/mol. The van der Waals surface area contributed by atoms with Gasteiger partial charge in [-0.1, -0.05) is 0 Å². The van der Waals surface area contributed by atoms with E-state index in [1.807, 2.05) is 0 Å². The molecule has 0 fully saturated rings. The van der Waals surface area contributed by atoms with Crippen LogP contribution in [0.3, 0.4) is 0 Å². The summed E-state index contributed by atoms with van der Waals surface area (Å²) in [6.07, 6.45) is 4.33. The van der Waals surface area contributed by atoms with E-state index in [4.69, 9.17) is 0 Å². The molecule has 0 aliphatic carbocycles. The van der Waals surface area contributed by atoms with Crippen LogP contribution in [-0.4, -0.2) is 40.0 Å². The minimum atomic E-state index is -3.88. The van der Waals surface area contributed by atoms with Crippen molar-refractivity contribution in [1.82, 2.24) is 24.6 Å². The molecule has 0 aromatic carbocycles. The fourth-order valence-electron chi connectivity index (χ4n) is 1.65. The Hall–Kier alpha value is -2.27. The van der Waals surface area contributed by atoms with Gasteiger partial charge in [0.1, 0.15) is 0 Å². The normalized spacial score (nSPS) is 11.7. The SMILES string of the molecule is CNc1nc2sccn2c1S(=O)(=O)Nc1nccnn1. The Morgan fingerprint density at radius 1 is 1.35 bits per heavy atom. The molecule has 3 rings (SSSR count). The summed E-state index contributed by atoms with van der Waals surface area (Å²) in [6, 6.07) is 0. The third-order valence-corrected chi connectivity index (χ3v) is 4.52. The summed E-state index contributed by atoms with van der Waals surface area (Å²) in [5.41, 5.74) is 0. The Balaban J connectivity index is 2.11. The minimum absolute atomic E-state index is 0.00343. The highest BCUT2D eigenvalue weighted by atomic mass is 32.2. The maximum atomic E-state index is 12.4. The maximum absolute atomic E-state index is 12.4. The zero-order valence-corrected chi connectivity index (χ0v) is 11.8. The van der Waals surface area contributed by atoms with E-state index in [0.29, 0.717) is 4.96 Å². The highest BCUT2D eigenvalue weighted by Gasteiger charge is 2.26. The maximum Gasteiger partial charge on any atom is 0.284 e. The van der Waals surface area contributed by atoms with Crippen LogP contribution in [-0.2, 0) is 10.0 Å². The van der Waals surface area contributed by atoms with Crippen molar-refractivity contribution in [2.24, 2.45) is 0 Å². The molecule has 0 saturated heterocycles. The lowest BCUT2D eigenvalue weighted by Crippen LogP contribution is -2.18. The van der Waals surface area contributed by atoms with Crippen molar-refractivity contribution in [3.8, 4) is 0 Å². The Kier molecular flexibility index (Phi) is 2.99. The van der Waals surface area contributed by atoms with Crippen LogP contribution >= 0.6 is 11.3 Å². The number of aromatic nitrogens is 5. The van der Waals surface area contributed by atoms with E-state index in [0.717, 1.165) is 0 Å². The molecule has 0 bridgehead atoms. The second-order valence-electron chi connectivity index (χ2n) is 3.64. The van der Waals surface area contributed by atoms with Gasteiger partial charge in [-0.05, 0) is 0 Å². The molecule has 3 aromatic heterocycles. The number of hydrogen-bond donors (Lipinski definition) is 2. The first kappa shape index (κ1) is 12.7. The molecule has 0 unspecified atom stereocenters. The molecule has 0 amide bonds. The van der Waals surface area contributed by atoms with Gasteiger partial charge < -0.3 is 5.32 Å². The topological polar surface area (TPSA) is 114 Å². The van der Waals surface area contributed by atoms with Crippen molar-refractivity contribution in [3.63, 3.8) is 0 Å². The lowest BCUT2D eigenvalue weighted by molar-refractivity contribution is 0.596. The number of sulfonamides is 1. The molecule has 0 atom stereocenters. The molecular weight excluding hydrogens is 302 g/mol. The lowest BCUT2D eigenvalue weighted by Gasteiger charge is -2.06. The number of thiazole rings is 1. The third kappa shape index (κ3) is 2.06. The van der Waals surface area contributed by atoms with Gasteiger partial charge in [0.05, 0.1) is 12.4 Å². The summed E-state index contributed by atoms with van der Waals surface area (Å²) in [5.74, 6) is 0.160. The Labute approximate surface area is 117 Å². The highest BCUT2D eigenvalue weighted by molar-refractivity contribution is 7.92. The molecule has 3 heterocycles. The fraction of sp³-hybridized carbons (Fsp3) is 0.111. The van der Waals surface area contributed by atoms with Gasteiger partial charge >= 0.3 is 0 Å². The van der Waals surface area contributed by atoms with Gasteiger partial charge in [-0.15, -0.1) is 16.4 Å². The van der Waals surface area contributed by atoms with Crippen LogP contribution in [0.1, 0.15) is 0 Å². The predicted octanol–water partition coefficient (Wildman–Crippen LogP) is 0.423. The number of anilines is 2. The zero-order chi connectivity index (χ0) is 14.2. The Morgan fingerprint density at radius 2 is 2.20 bits per heavy atom. The minimum Gasteiger partial charge on any atom is -0.371 e. The molecule has 0 aliphatic rings. The summed E-state index contributed by atoms with van der Waals surface area (Å²) in [7, 11) is -2.28. The highest BCUT2D eigenvalue weighted by Crippen LogP contribution is 2.26. The van der Waals surface area contributed by atoms with E-state index in [1.54, 1.807) is 18.6 Å². The van der Waals surface area contributed by atoms with Crippen molar-refractivity contribution in [3.05, 3.63) is 24.0 Å². The van der Waals surface area contributed by atoms with Gasteiger partial charge in [-0.2, -0.15) is 13.5 Å². The van der Waals surface area contributed by atoms with Crippen molar-refractivity contribution < 1.29 is 8.42 Å². The van der Waals surface area contributed by atoms with Crippen LogP contribution in [0, 0.1) is 0 Å². The molecule has 11 heteroatoms. The van der Waals surface area contributed by atoms with Crippen LogP contribution in [0.25, 0.3) is 4.96 Å². The summed E-state index contributed by atoms with van der Waals surface area (Å²) in [4.78, 5) is 8.55. The van der Waals surface area contributed by atoms with E-state index < -0.39 is 10.0 Å². The number of nitrogens with one attached hydrogen (secondary N) is 2. The van der Waals surface area contributed by atoms with Crippen LogP contribution in [0.15, 0.2) is 29.0 Å². The molecule has 9 nitrogen and oxygen atoms in total. The number of rotatable bonds is 4. The third-order valence-electron chi connectivity index (χ3n) is 2.42. The second-order valence-corrected chi connectivity index (χ2v) is 6.11. The molecule has 0 aliphatic heterocycles. The number of imidazole rings is 1. The van der Waals surface area contributed by atoms with Crippen molar-refractivity contribution in [2.45, 2.75) is 5.03 Å². The molecule has 0 spiro atoms. The Morgan fingerprint density at radius 3 is 2.90 bits per heavy atom. The van der Waals surface area contributed by atoms with Gasteiger partial charge in [-0.3, -0.25) is 4.40 Å². The smallest absolute Gasteiger partial charge is 0.284 e. The van der Waals surface area contributed by atoms with Gasteiger partial charge in [0.25, 0.3) is 16.0 Å². The van der Waals surface area contributed by atoms with E-state index >= 15 is 0 Å². The molecule has 3 aromatic rings. The van der Waals surface area contributed by atoms with Crippen molar-refractivity contribution >= 4 is 38.1 Å². The van der Waals surface area contributed by atoms with E-state index in [-0.39, 0.29) is 16.8 Å². The predicted molar refractivity (Wildman–Crippen MR) is 73.3 cm³/mol. The standard InChI is InChI=1S/C9H9N7O2S2/c1-10-6-7(16-4-5-19-9(16)13-6)20(17,18)15-8-11-2-3-12-14-8/h2-5,10H,1H3,(H,11,14,15). The van der Waals surface area contributed by atoms with Gasteiger partial charge in [0, 0.05) is 18.6 Å². The molecule has 0 saturated carbocycles. The Bertz CT molecular complexity index is 840. The van der Waals surface area contributed by atoms with E-state index in [2.05, 4.69) is 30.2 Å². The number of fused-ring (bicyclic) bond motifs is 1. The first-order valence-electron chi connectivity index (χ1n) is 5.41. The second kappa shape index (κ2) is 4.68. The molecule has 104 valence electrons.